The average Bonchev–Trinajstić information content (AvgIpc) is 2.85. The van der Waals surface area contributed by atoms with E-state index in [1.807, 2.05) is 0 Å². The third kappa shape index (κ3) is 3.98. The van der Waals surface area contributed by atoms with Crippen LogP contribution in [0.2, 0.25) is 5.02 Å². The van der Waals surface area contributed by atoms with Crippen molar-refractivity contribution in [1.82, 2.24) is 9.62 Å². The van der Waals surface area contributed by atoms with Crippen molar-refractivity contribution in [2.24, 2.45) is 5.92 Å². The van der Waals surface area contributed by atoms with Gasteiger partial charge in [-0.15, -0.1) is 0 Å². The minimum absolute atomic E-state index is 0.0620. The van der Waals surface area contributed by atoms with Crippen LogP contribution in [-0.4, -0.2) is 57.7 Å². The standard InChI is InChI=1S/C14H19ClN2O4S/c1-17(2)22(19,20)9-10-7-21-8-13(10)16-14(18)11-5-3-4-6-12(11)15/h3-6,10,13H,7-9H2,1-2H3,(H,16,18). The number of carbonyl (C=O) groups is 1. The highest BCUT2D eigenvalue weighted by atomic mass is 35.5. The van der Waals surface area contributed by atoms with E-state index in [1.54, 1.807) is 24.3 Å². The SMILES string of the molecule is CN(C)S(=O)(=O)CC1COCC1NC(=O)c1ccccc1Cl. The Bertz CT molecular complexity index is 648. The first-order chi connectivity index (χ1) is 10.3. The van der Waals surface area contributed by atoms with E-state index in [0.29, 0.717) is 23.8 Å². The molecule has 122 valence electrons. The zero-order valence-electron chi connectivity index (χ0n) is 12.5. The van der Waals surface area contributed by atoms with Crippen LogP contribution in [0.3, 0.4) is 0 Å². The fourth-order valence-electron chi connectivity index (χ4n) is 2.23. The lowest BCUT2D eigenvalue weighted by Gasteiger charge is -2.21. The molecule has 2 rings (SSSR count). The topological polar surface area (TPSA) is 75.7 Å². The maximum atomic E-state index is 12.3. The monoisotopic (exact) mass is 346 g/mol. The summed E-state index contributed by atoms with van der Waals surface area (Å²) in [6.07, 6.45) is 0. The first-order valence-corrected chi connectivity index (χ1v) is 8.83. The largest absolute Gasteiger partial charge is 0.379 e. The third-order valence-corrected chi connectivity index (χ3v) is 5.91. The van der Waals surface area contributed by atoms with Gasteiger partial charge in [0.05, 0.1) is 35.6 Å². The summed E-state index contributed by atoms with van der Waals surface area (Å²) in [5, 5.41) is 3.17. The summed E-state index contributed by atoms with van der Waals surface area (Å²) in [5.41, 5.74) is 0.366. The van der Waals surface area contributed by atoms with Gasteiger partial charge in [0.15, 0.2) is 0 Å². The second kappa shape index (κ2) is 6.95. The van der Waals surface area contributed by atoms with Crippen LogP contribution in [0.4, 0.5) is 0 Å². The number of nitrogens with zero attached hydrogens (tertiary/aromatic N) is 1. The van der Waals surface area contributed by atoms with Gasteiger partial charge in [-0.2, -0.15) is 0 Å². The van der Waals surface area contributed by atoms with E-state index < -0.39 is 10.0 Å². The van der Waals surface area contributed by atoms with Crippen molar-refractivity contribution in [3.63, 3.8) is 0 Å². The van der Waals surface area contributed by atoms with Gasteiger partial charge in [-0.1, -0.05) is 23.7 Å². The molecule has 1 aromatic carbocycles. The summed E-state index contributed by atoms with van der Waals surface area (Å²) in [6, 6.07) is 6.37. The summed E-state index contributed by atoms with van der Waals surface area (Å²) < 4.78 is 30.5. The van der Waals surface area contributed by atoms with Gasteiger partial charge in [-0.25, -0.2) is 12.7 Å². The van der Waals surface area contributed by atoms with Crippen molar-refractivity contribution in [2.45, 2.75) is 6.04 Å². The Morgan fingerprint density at radius 3 is 2.68 bits per heavy atom. The Kier molecular flexibility index (Phi) is 5.44. The average molecular weight is 347 g/mol. The predicted octanol–water partition coefficient (Wildman–Crippen LogP) is 0.976. The number of sulfonamides is 1. The molecule has 0 saturated carbocycles. The maximum Gasteiger partial charge on any atom is 0.253 e. The summed E-state index contributed by atoms with van der Waals surface area (Å²) in [7, 11) is -0.370. The number of hydrogen-bond donors (Lipinski definition) is 1. The molecule has 1 aliphatic rings. The maximum absolute atomic E-state index is 12.3. The molecule has 1 heterocycles. The fraction of sp³-hybridized carbons (Fsp3) is 0.500. The number of rotatable bonds is 5. The van der Waals surface area contributed by atoms with Crippen LogP contribution in [-0.2, 0) is 14.8 Å². The molecule has 1 saturated heterocycles. The van der Waals surface area contributed by atoms with Crippen molar-refractivity contribution >= 4 is 27.5 Å². The minimum atomic E-state index is -3.35. The number of carbonyl (C=O) groups excluding carboxylic acids is 1. The summed E-state index contributed by atoms with van der Waals surface area (Å²) >= 11 is 5.99. The molecule has 0 aromatic heterocycles. The van der Waals surface area contributed by atoms with Gasteiger partial charge >= 0.3 is 0 Å². The number of hydrogen-bond acceptors (Lipinski definition) is 4. The molecule has 8 heteroatoms. The highest BCUT2D eigenvalue weighted by molar-refractivity contribution is 7.89. The predicted molar refractivity (Wildman–Crippen MR) is 84.5 cm³/mol. The van der Waals surface area contributed by atoms with Crippen LogP contribution in [0, 0.1) is 5.92 Å². The molecule has 22 heavy (non-hydrogen) atoms. The van der Waals surface area contributed by atoms with Gasteiger partial charge in [-0.05, 0) is 12.1 Å². The van der Waals surface area contributed by atoms with E-state index in [-0.39, 0.29) is 23.6 Å². The molecule has 1 aromatic rings. The zero-order chi connectivity index (χ0) is 16.3. The molecule has 1 aliphatic heterocycles. The third-order valence-electron chi connectivity index (χ3n) is 3.61. The molecule has 1 fully saturated rings. The molecule has 2 atom stereocenters. The lowest BCUT2D eigenvalue weighted by molar-refractivity contribution is 0.0926. The molecule has 0 spiro atoms. The fourth-order valence-corrected chi connectivity index (χ4v) is 3.62. The number of amides is 1. The highest BCUT2D eigenvalue weighted by Gasteiger charge is 2.34. The van der Waals surface area contributed by atoms with E-state index >= 15 is 0 Å². The smallest absolute Gasteiger partial charge is 0.253 e. The number of nitrogens with one attached hydrogen (secondary N) is 1. The first-order valence-electron chi connectivity index (χ1n) is 6.84. The molecular formula is C14H19ClN2O4S. The molecule has 1 amide bonds. The normalized spacial score (nSPS) is 22.0. The summed E-state index contributed by atoms with van der Waals surface area (Å²) in [6.45, 7) is 0.602. The Morgan fingerprint density at radius 1 is 1.36 bits per heavy atom. The van der Waals surface area contributed by atoms with Gasteiger partial charge in [0, 0.05) is 20.0 Å². The van der Waals surface area contributed by atoms with Crippen LogP contribution in [0.1, 0.15) is 10.4 Å². The second-order valence-electron chi connectivity index (χ2n) is 5.42. The van der Waals surface area contributed by atoms with Gasteiger partial charge in [0.2, 0.25) is 10.0 Å². The summed E-state index contributed by atoms with van der Waals surface area (Å²) in [5.74, 6) is -0.666. The van der Waals surface area contributed by atoms with E-state index in [4.69, 9.17) is 16.3 Å². The molecule has 1 N–H and O–H groups in total. The second-order valence-corrected chi connectivity index (χ2v) is 8.05. The van der Waals surface area contributed by atoms with Crippen molar-refractivity contribution in [2.75, 3.05) is 33.1 Å². The van der Waals surface area contributed by atoms with Crippen LogP contribution in [0.15, 0.2) is 24.3 Å². The Labute approximate surface area is 135 Å². The van der Waals surface area contributed by atoms with Crippen molar-refractivity contribution in [3.05, 3.63) is 34.9 Å². The first kappa shape index (κ1) is 17.2. The molecular weight excluding hydrogens is 328 g/mol. The van der Waals surface area contributed by atoms with Crippen molar-refractivity contribution in [1.29, 1.82) is 0 Å². The summed E-state index contributed by atoms with van der Waals surface area (Å²) in [4.78, 5) is 12.3. The Morgan fingerprint density at radius 2 is 2.05 bits per heavy atom. The minimum Gasteiger partial charge on any atom is -0.379 e. The molecule has 0 bridgehead atoms. The highest BCUT2D eigenvalue weighted by Crippen LogP contribution is 2.19. The van der Waals surface area contributed by atoms with E-state index in [9.17, 15) is 13.2 Å². The molecule has 0 aliphatic carbocycles. The lowest BCUT2D eigenvalue weighted by atomic mass is 10.1. The Balaban J connectivity index is 2.06. The quantitative estimate of drug-likeness (QED) is 0.862. The molecule has 0 radical (unpaired) electrons. The number of ether oxygens (including phenoxy) is 1. The van der Waals surface area contributed by atoms with Crippen molar-refractivity contribution in [3.8, 4) is 0 Å². The zero-order valence-corrected chi connectivity index (χ0v) is 14.0. The Hall–Kier alpha value is -1.15. The van der Waals surface area contributed by atoms with E-state index in [1.165, 1.54) is 18.4 Å². The lowest BCUT2D eigenvalue weighted by Crippen LogP contribution is -2.43. The number of halogens is 1. The molecule has 2 unspecified atom stereocenters. The van der Waals surface area contributed by atoms with E-state index in [0.717, 1.165) is 0 Å². The van der Waals surface area contributed by atoms with Crippen LogP contribution >= 0.6 is 11.6 Å². The van der Waals surface area contributed by atoms with Crippen LogP contribution in [0.5, 0.6) is 0 Å². The van der Waals surface area contributed by atoms with Crippen LogP contribution < -0.4 is 5.32 Å². The van der Waals surface area contributed by atoms with E-state index in [2.05, 4.69) is 5.32 Å². The van der Waals surface area contributed by atoms with Gasteiger partial charge in [0.25, 0.3) is 5.91 Å². The van der Waals surface area contributed by atoms with Gasteiger partial charge < -0.3 is 10.1 Å². The van der Waals surface area contributed by atoms with Gasteiger partial charge in [-0.3, -0.25) is 4.79 Å². The van der Waals surface area contributed by atoms with Crippen molar-refractivity contribution < 1.29 is 17.9 Å². The van der Waals surface area contributed by atoms with Gasteiger partial charge in [0.1, 0.15) is 0 Å². The van der Waals surface area contributed by atoms with Crippen LogP contribution in [0.25, 0.3) is 0 Å². The molecule has 6 nitrogen and oxygen atoms in total. The number of benzene rings is 1.